The van der Waals surface area contributed by atoms with Crippen molar-refractivity contribution in [1.82, 2.24) is 5.32 Å². The summed E-state index contributed by atoms with van der Waals surface area (Å²) >= 11 is 0. The predicted molar refractivity (Wildman–Crippen MR) is 217 cm³/mol. The SMILES string of the molecule is C1=C(N(c2ccc(-c3ccccc3-c3ccccc3)cc2)c2ccc(-c3cccc4ccccc34)cc2)NCc2oc3cc4ccccc4cc3c21. The molecular formula is C49H34N2O. The Morgan fingerprint density at radius 3 is 1.69 bits per heavy atom. The molecule has 0 aliphatic carbocycles. The molecule has 52 heavy (non-hydrogen) atoms. The highest BCUT2D eigenvalue weighted by molar-refractivity contribution is 6.01. The van der Waals surface area contributed by atoms with Gasteiger partial charge in [-0.25, -0.2) is 0 Å². The van der Waals surface area contributed by atoms with Gasteiger partial charge in [0.25, 0.3) is 0 Å². The number of rotatable bonds is 6. The average molecular weight is 667 g/mol. The third-order valence-corrected chi connectivity index (χ3v) is 10.3. The van der Waals surface area contributed by atoms with Gasteiger partial charge in [0.05, 0.1) is 6.54 Å². The number of nitrogens with zero attached hydrogens (tertiary/aromatic N) is 1. The van der Waals surface area contributed by atoms with Crippen molar-refractivity contribution < 1.29 is 4.42 Å². The largest absolute Gasteiger partial charge is 0.459 e. The minimum absolute atomic E-state index is 0.597. The maximum atomic E-state index is 6.42. The summed E-state index contributed by atoms with van der Waals surface area (Å²) in [6, 6.07) is 65.1. The summed E-state index contributed by atoms with van der Waals surface area (Å²) in [6.45, 7) is 0.597. The molecule has 0 atom stereocenters. The molecule has 0 fully saturated rings. The van der Waals surface area contributed by atoms with Gasteiger partial charge in [-0.2, -0.15) is 0 Å². The quantitative estimate of drug-likeness (QED) is 0.191. The first kappa shape index (κ1) is 30.0. The van der Waals surface area contributed by atoms with E-state index in [-0.39, 0.29) is 0 Å². The second-order valence-electron chi connectivity index (χ2n) is 13.4. The van der Waals surface area contributed by atoms with Crippen molar-refractivity contribution in [1.29, 1.82) is 0 Å². The molecule has 10 rings (SSSR count). The number of furan rings is 1. The van der Waals surface area contributed by atoms with Crippen molar-refractivity contribution in [3.63, 3.8) is 0 Å². The summed E-state index contributed by atoms with van der Waals surface area (Å²) in [7, 11) is 0. The molecule has 0 radical (unpaired) electrons. The van der Waals surface area contributed by atoms with E-state index in [4.69, 9.17) is 4.42 Å². The molecule has 1 N–H and O–H groups in total. The zero-order chi connectivity index (χ0) is 34.4. The van der Waals surface area contributed by atoms with Gasteiger partial charge in [-0.3, -0.25) is 4.90 Å². The minimum atomic E-state index is 0.597. The van der Waals surface area contributed by atoms with Gasteiger partial charge >= 0.3 is 0 Å². The van der Waals surface area contributed by atoms with Crippen LogP contribution in [0.15, 0.2) is 192 Å². The van der Waals surface area contributed by atoms with Crippen LogP contribution >= 0.6 is 0 Å². The second kappa shape index (κ2) is 12.5. The fourth-order valence-corrected chi connectivity index (χ4v) is 7.73. The zero-order valence-corrected chi connectivity index (χ0v) is 28.5. The predicted octanol–water partition coefficient (Wildman–Crippen LogP) is 13.0. The van der Waals surface area contributed by atoms with E-state index in [2.05, 4.69) is 198 Å². The molecule has 0 saturated heterocycles. The van der Waals surface area contributed by atoms with Gasteiger partial charge in [0.15, 0.2) is 0 Å². The van der Waals surface area contributed by atoms with E-state index in [1.54, 1.807) is 0 Å². The van der Waals surface area contributed by atoms with Gasteiger partial charge in [0.1, 0.15) is 17.2 Å². The van der Waals surface area contributed by atoms with Gasteiger partial charge in [0, 0.05) is 22.3 Å². The van der Waals surface area contributed by atoms with Gasteiger partial charge in [-0.1, -0.05) is 146 Å². The Hall–Kier alpha value is -6.84. The molecule has 9 aromatic rings. The first-order valence-electron chi connectivity index (χ1n) is 17.8. The summed E-state index contributed by atoms with van der Waals surface area (Å²) < 4.78 is 6.42. The second-order valence-corrected chi connectivity index (χ2v) is 13.4. The smallest absolute Gasteiger partial charge is 0.135 e. The van der Waals surface area contributed by atoms with E-state index in [1.165, 1.54) is 54.9 Å². The molecule has 0 amide bonds. The maximum Gasteiger partial charge on any atom is 0.135 e. The van der Waals surface area contributed by atoms with E-state index in [0.29, 0.717) is 6.54 Å². The molecule has 1 aromatic heterocycles. The summed E-state index contributed by atoms with van der Waals surface area (Å²) in [6.07, 6.45) is 2.25. The highest BCUT2D eigenvalue weighted by Gasteiger charge is 2.24. The van der Waals surface area contributed by atoms with Crippen molar-refractivity contribution in [2.75, 3.05) is 4.90 Å². The topological polar surface area (TPSA) is 28.4 Å². The summed E-state index contributed by atoms with van der Waals surface area (Å²) in [4.78, 5) is 2.32. The van der Waals surface area contributed by atoms with Crippen LogP contribution < -0.4 is 10.2 Å². The van der Waals surface area contributed by atoms with Crippen LogP contribution in [0.3, 0.4) is 0 Å². The number of hydrogen-bond donors (Lipinski definition) is 1. The van der Waals surface area contributed by atoms with E-state index in [0.717, 1.165) is 39.5 Å². The third kappa shape index (κ3) is 5.23. The highest BCUT2D eigenvalue weighted by Crippen LogP contribution is 2.40. The lowest BCUT2D eigenvalue weighted by Gasteiger charge is -2.30. The zero-order valence-electron chi connectivity index (χ0n) is 28.5. The highest BCUT2D eigenvalue weighted by atomic mass is 16.3. The molecular weight excluding hydrogens is 633 g/mol. The molecule has 0 saturated carbocycles. The number of anilines is 2. The molecule has 1 aliphatic rings. The van der Waals surface area contributed by atoms with Crippen molar-refractivity contribution in [3.8, 4) is 33.4 Å². The van der Waals surface area contributed by atoms with Crippen LogP contribution in [0.4, 0.5) is 11.4 Å². The molecule has 2 heterocycles. The molecule has 246 valence electrons. The van der Waals surface area contributed by atoms with Crippen LogP contribution in [0.5, 0.6) is 0 Å². The lowest BCUT2D eigenvalue weighted by molar-refractivity contribution is 0.525. The summed E-state index contributed by atoms with van der Waals surface area (Å²) in [5.41, 5.74) is 11.4. The Balaban J connectivity index is 1.09. The molecule has 0 unspecified atom stereocenters. The number of nitrogens with one attached hydrogen (secondary N) is 1. The molecule has 0 bridgehead atoms. The van der Waals surface area contributed by atoms with Crippen molar-refractivity contribution in [3.05, 3.63) is 199 Å². The molecule has 3 nitrogen and oxygen atoms in total. The van der Waals surface area contributed by atoms with E-state index in [1.807, 2.05) is 0 Å². The maximum absolute atomic E-state index is 6.42. The number of benzene rings is 8. The first-order chi connectivity index (χ1) is 25.8. The lowest BCUT2D eigenvalue weighted by atomic mass is 9.94. The molecule has 1 aliphatic heterocycles. The monoisotopic (exact) mass is 666 g/mol. The van der Waals surface area contributed by atoms with E-state index >= 15 is 0 Å². The van der Waals surface area contributed by atoms with Crippen molar-refractivity contribution in [2.45, 2.75) is 6.54 Å². The molecule has 0 spiro atoms. The van der Waals surface area contributed by atoms with E-state index < -0.39 is 0 Å². The van der Waals surface area contributed by atoms with Gasteiger partial charge in [-0.05, 0) is 97.4 Å². The van der Waals surface area contributed by atoms with Gasteiger partial charge < -0.3 is 9.73 Å². The lowest BCUT2D eigenvalue weighted by Crippen LogP contribution is -2.29. The minimum Gasteiger partial charge on any atom is -0.459 e. The third-order valence-electron chi connectivity index (χ3n) is 10.3. The van der Waals surface area contributed by atoms with Gasteiger partial charge in [0.2, 0.25) is 0 Å². The van der Waals surface area contributed by atoms with Crippen LogP contribution in [-0.4, -0.2) is 0 Å². The van der Waals surface area contributed by atoms with Crippen LogP contribution in [-0.2, 0) is 6.54 Å². The van der Waals surface area contributed by atoms with Crippen LogP contribution in [0.2, 0.25) is 0 Å². The average Bonchev–Trinajstić information content (AvgIpc) is 3.57. The summed E-state index contributed by atoms with van der Waals surface area (Å²) in [5.74, 6) is 1.95. The molecule has 3 heteroatoms. The fraction of sp³-hybridized carbons (Fsp3) is 0.0204. The van der Waals surface area contributed by atoms with Crippen LogP contribution in [0.25, 0.3) is 72.0 Å². The van der Waals surface area contributed by atoms with E-state index in [9.17, 15) is 0 Å². The van der Waals surface area contributed by atoms with Gasteiger partial charge in [-0.15, -0.1) is 0 Å². The Morgan fingerprint density at radius 1 is 0.442 bits per heavy atom. The Kier molecular flexibility index (Phi) is 7.21. The van der Waals surface area contributed by atoms with Crippen molar-refractivity contribution in [2.24, 2.45) is 0 Å². The fourth-order valence-electron chi connectivity index (χ4n) is 7.73. The van der Waals surface area contributed by atoms with Crippen molar-refractivity contribution >= 4 is 50.0 Å². The van der Waals surface area contributed by atoms with Crippen LogP contribution in [0, 0.1) is 0 Å². The normalized spacial score (nSPS) is 12.4. The number of hydrogen-bond acceptors (Lipinski definition) is 3. The van der Waals surface area contributed by atoms with Crippen LogP contribution in [0.1, 0.15) is 11.3 Å². The summed E-state index contributed by atoms with van der Waals surface area (Å²) in [5, 5.41) is 9.73. The standard InChI is InChI=1S/C49H34N2O/c1-2-11-33(12-3-1)41-18-8-9-19-43(41)35-21-25-39(26-22-35)51(40-27-23-36(24-28-40)44-20-10-16-34-13-6-7-17-42(34)44)49-31-46-45-29-37-14-4-5-15-38(37)30-47(45)52-48(46)32-50-49/h1-31,50H,32H2. The Morgan fingerprint density at radius 2 is 0.981 bits per heavy atom. The molecule has 8 aromatic carbocycles. The Labute approximate surface area is 302 Å². The first-order valence-corrected chi connectivity index (χ1v) is 17.8. The number of fused-ring (bicyclic) bond motifs is 5. The Bertz CT molecular complexity index is 2770.